The van der Waals surface area contributed by atoms with Gasteiger partial charge in [-0.2, -0.15) is 0 Å². The third-order valence-corrected chi connectivity index (χ3v) is 4.98. The van der Waals surface area contributed by atoms with Gasteiger partial charge >= 0.3 is 0 Å². The van der Waals surface area contributed by atoms with E-state index in [1.165, 1.54) is 17.8 Å². The maximum absolute atomic E-state index is 13.8. The molecule has 0 aliphatic heterocycles. The van der Waals surface area contributed by atoms with Crippen LogP contribution in [0.3, 0.4) is 0 Å². The number of carbonyl (C=O) groups is 2. The standard InChI is InChI=1S/C20H22ClFN2O3S/c1-27-10-4-9-23-20(26)16-5-2-3-6-18(16)24-19(25)13-28-12-14-7-8-15(21)11-17(14)22/h2-3,5-8,11H,4,9-10,12-13H2,1H3,(H,23,26)(H,24,25). The molecule has 2 aromatic carbocycles. The van der Waals surface area contributed by atoms with Crippen molar-refractivity contribution in [3.63, 3.8) is 0 Å². The van der Waals surface area contributed by atoms with E-state index in [-0.39, 0.29) is 17.6 Å². The zero-order valence-corrected chi connectivity index (χ0v) is 17.0. The minimum Gasteiger partial charge on any atom is -0.385 e. The van der Waals surface area contributed by atoms with Crippen LogP contribution in [0.15, 0.2) is 42.5 Å². The number of ether oxygens (including phenoxy) is 1. The second-order valence-corrected chi connectivity index (χ2v) is 7.35. The molecule has 0 bridgehead atoms. The molecule has 8 heteroatoms. The highest BCUT2D eigenvalue weighted by Gasteiger charge is 2.13. The molecule has 150 valence electrons. The quantitative estimate of drug-likeness (QED) is 0.563. The van der Waals surface area contributed by atoms with Crippen LogP contribution in [0.5, 0.6) is 0 Å². The normalized spacial score (nSPS) is 10.5. The van der Waals surface area contributed by atoms with Crippen molar-refractivity contribution in [2.45, 2.75) is 12.2 Å². The molecule has 0 radical (unpaired) electrons. The smallest absolute Gasteiger partial charge is 0.253 e. The van der Waals surface area contributed by atoms with Crippen LogP contribution in [0.1, 0.15) is 22.3 Å². The highest BCUT2D eigenvalue weighted by atomic mass is 35.5. The number of halogens is 2. The van der Waals surface area contributed by atoms with Crippen LogP contribution in [0.2, 0.25) is 5.02 Å². The van der Waals surface area contributed by atoms with Crippen LogP contribution in [-0.4, -0.2) is 37.8 Å². The van der Waals surface area contributed by atoms with Gasteiger partial charge in [0.15, 0.2) is 0 Å². The van der Waals surface area contributed by atoms with Crippen molar-refractivity contribution in [2.24, 2.45) is 0 Å². The van der Waals surface area contributed by atoms with E-state index in [1.54, 1.807) is 43.5 Å². The molecule has 0 heterocycles. The lowest BCUT2D eigenvalue weighted by Crippen LogP contribution is -2.27. The zero-order valence-electron chi connectivity index (χ0n) is 15.5. The molecule has 0 aliphatic carbocycles. The van der Waals surface area contributed by atoms with Gasteiger partial charge in [0.1, 0.15) is 5.82 Å². The van der Waals surface area contributed by atoms with Gasteiger partial charge in [0.05, 0.1) is 17.0 Å². The number of rotatable bonds is 10. The molecule has 0 unspecified atom stereocenters. The molecule has 0 aliphatic rings. The minimum atomic E-state index is -0.393. The average molecular weight is 425 g/mol. The SMILES string of the molecule is COCCCNC(=O)c1ccccc1NC(=O)CSCc1ccc(Cl)cc1F. The Morgan fingerprint density at radius 1 is 1.21 bits per heavy atom. The van der Waals surface area contributed by atoms with E-state index in [1.807, 2.05) is 0 Å². The molecule has 2 amide bonds. The summed E-state index contributed by atoms with van der Waals surface area (Å²) in [6.07, 6.45) is 0.703. The van der Waals surface area contributed by atoms with E-state index in [4.69, 9.17) is 16.3 Å². The van der Waals surface area contributed by atoms with Gasteiger partial charge in [0.2, 0.25) is 5.91 Å². The van der Waals surface area contributed by atoms with Crippen LogP contribution in [0, 0.1) is 5.82 Å². The maximum Gasteiger partial charge on any atom is 0.253 e. The zero-order chi connectivity index (χ0) is 20.4. The van der Waals surface area contributed by atoms with Crippen LogP contribution < -0.4 is 10.6 Å². The predicted molar refractivity (Wildman–Crippen MR) is 111 cm³/mol. The van der Waals surface area contributed by atoms with Crippen molar-refractivity contribution < 1.29 is 18.7 Å². The number of hydrogen-bond donors (Lipinski definition) is 2. The van der Waals surface area contributed by atoms with Crippen molar-refractivity contribution in [1.29, 1.82) is 0 Å². The predicted octanol–water partition coefficient (Wildman–Crippen LogP) is 4.12. The Kier molecular flexibility index (Phi) is 9.27. The summed E-state index contributed by atoms with van der Waals surface area (Å²) < 4.78 is 18.7. The van der Waals surface area contributed by atoms with E-state index < -0.39 is 5.82 Å². The second-order valence-electron chi connectivity index (χ2n) is 5.92. The summed E-state index contributed by atoms with van der Waals surface area (Å²) in [5.41, 5.74) is 1.31. The van der Waals surface area contributed by atoms with Crippen molar-refractivity contribution in [2.75, 3.05) is 31.3 Å². The summed E-state index contributed by atoms with van der Waals surface area (Å²) >= 11 is 7.01. The number of thioether (sulfide) groups is 1. The fraction of sp³-hybridized carbons (Fsp3) is 0.300. The third-order valence-electron chi connectivity index (χ3n) is 3.76. The lowest BCUT2D eigenvalue weighted by atomic mass is 10.1. The summed E-state index contributed by atoms with van der Waals surface area (Å²) in [6.45, 7) is 1.04. The first-order valence-corrected chi connectivity index (χ1v) is 10.2. The van der Waals surface area contributed by atoms with Crippen LogP contribution >= 0.6 is 23.4 Å². The Balaban J connectivity index is 1.87. The van der Waals surface area contributed by atoms with Crippen molar-refractivity contribution >= 4 is 40.9 Å². The molecule has 28 heavy (non-hydrogen) atoms. The number of amides is 2. The fourth-order valence-electron chi connectivity index (χ4n) is 2.38. The van der Waals surface area contributed by atoms with E-state index in [9.17, 15) is 14.0 Å². The second kappa shape index (κ2) is 11.7. The van der Waals surface area contributed by atoms with E-state index >= 15 is 0 Å². The molecule has 0 atom stereocenters. The van der Waals surface area contributed by atoms with Crippen molar-refractivity contribution in [1.82, 2.24) is 5.32 Å². The number of nitrogens with one attached hydrogen (secondary N) is 2. The van der Waals surface area contributed by atoms with Gasteiger partial charge in [-0.25, -0.2) is 4.39 Å². The molecule has 2 N–H and O–H groups in total. The Morgan fingerprint density at radius 2 is 2.00 bits per heavy atom. The Morgan fingerprint density at radius 3 is 2.75 bits per heavy atom. The van der Waals surface area contributed by atoms with E-state index in [2.05, 4.69) is 10.6 Å². The average Bonchev–Trinajstić information content (AvgIpc) is 2.67. The molecule has 0 spiro atoms. The van der Waals surface area contributed by atoms with Crippen molar-refractivity contribution in [3.05, 3.63) is 64.4 Å². The van der Waals surface area contributed by atoms with E-state index in [0.29, 0.717) is 47.2 Å². The Labute approximate surface area is 173 Å². The van der Waals surface area contributed by atoms with Gasteiger partial charge < -0.3 is 15.4 Å². The molecule has 2 rings (SSSR count). The largest absolute Gasteiger partial charge is 0.385 e. The van der Waals surface area contributed by atoms with Gasteiger partial charge in [0, 0.05) is 31.0 Å². The first kappa shape index (κ1) is 22.2. The lowest BCUT2D eigenvalue weighted by molar-refractivity contribution is -0.113. The first-order chi connectivity index (χ1) is 13.5. The van der Waals surface area contributed by atoms with Gasteiger partial charge in [-0.05, 0) is 36.2 Å². The first-order valence-electron chi connectivity index (χ1n) is 8.69. The fourth-order valence-corrected chi connectivity index (χ4v) is 3.35. The van der Waals surface area contributed by atoms with E-state index in [0.717, 1.165) is 0 Å². The van der Waals surface area contributed by atoms with Gasteiger partial charge in [-0.15, -0.1) is 11.8 Å². The monoisotopic (exact) mass is 424 g/mol. The molecule has 0 fully saturated rings. The van der Waals surface area contributed by atoms with Crippen LogP contribution in [0.25, 0.3) is 0 Å². The molecule has 5 nitrogen and oxygen atoms in total. The number of benzene rings is 2. The summed E-state index contributed by atoms with van der Waals surface area (Å²) in [4.78, 5) is 24.5. The Hall–Kier alpha value is -2.09. The lowest BCUT2D eigenvalue weighted by Gasteiger charge is -2.11. The van der Waals surface area contributed by atoms with Gasteiger partial charge in [0.25, 0.3) is 5.91 Å². The number of carbonyl (C=O) groups excluding carboxylic acids is 2. The molecule has 2 aromatic rings. The molecule has 0 saturated heterocycles. The van der Waals surface area contributed by atoms with Gasteiger partial charge in [-0.1, -0.05) is 29.8 Å². The molecular weight excluding hydrogens is 403 g/mol. The molecule has 0 aromatic heterocycles. The number of anilines is 1. The van der Waals surface area contributed by atoms with Crippen molar-refractivity contribution in [3.8, 4) is 0 Å². The highest BCUT2D eigenvalue weighted by molar-refractivity contribution is 7.99. The topological polar surface area (TPSA) is 67.4 Å². The highest BCUT2D eigenvalue weighted by Crippen LogP contribution is 2.20. The van der Waals surface area contributed by atoms with Crippen LogP contribution in [0.4, 0.5) is 10.1 Å². The minimum absolute atomic E-state index is 0.131. The molecule has 0 saturated carbocycles. The van der Waals surface area contributed by atoms with Gasteiger partial charge in [-0.3, -0.25) is 9.59 Å². The summed E-state index contributed by atoms with van der Waals surface area (Å²) in [5, 5.41) is 5.87. The maximum atomic E-state index is 13.8. The summed E-state index contributed by atoms with van der Waals surface area (Å²) in [7, 11) is 1.60. The summed E-state index contributed by atoms with van der Waals surface area (Å²) in [6, 6.07) is 11.3. The number of para-hydroxylation sites is 1. The van der Waals surface area contributed by atoms with Crippen LogP contribution in [-0.2, 0) is 15.3 Å². The number of hydrogen-bond acceptors (Lipinski definition) is 4. The molecular formula is C20H22ClFN2O3S. The number of methoxy groups -OCH3 is 1. The summed E-state index contributed by atoms with van der Waals surface area (Å²) in [5.74, 6) is -0.443. The third kappa shape index (κ3) is 7.14. The Bertz CT molecular complexity index is 820.